The maximum Gasteiger partial charge on any atom is 0.573 e. The number of rotatable bonds is 3. The van der Waals surface area contributed by atoms with Crippen LogP contribution in [0.25, 0.3) is 21.9 Å². The predicted molar refractivity (Wildman–Crippen MR) is 93.2 cm³/mol. The molecule has 3 rings (SSSR count). The summed E-state index contributed by atoms with van der Waals surface area (Å²) in [6, 6.07) is 5.30. The molecule has 0 atom stereocenters. The number of benzene rings is 3. The average molecular weight is 412 g/mol. The van der Waals surface area contributed by atoms with Crippen LogP contribution in [-0.4, -0.2) is 6.36 Å². The molecule has 0 saturated heterocycles. The number of fused-ring (bicyclic) bond motifs is 1. The highest BCUT2D eigenvalue weighted by molar-refractivity contribution is 5.94. The van der Waals surface area contributed by atoms with Gasteiger partial charge in [-0.2, -0.15) is 0 Å². The zero-order chi connectivity index (χ0) is 21.5. The van der Waals surface area contributed by atoms with Crippen molar-refractivity contribution in [3.63, 3.8) is 0 Å². The number of hydrogen-bond donors (Lipinski definition) is 0. The van der Waals surface area contributed by atoms with Crippen molar-refractivity contribution in [3.05, 3.63) is 64.7 Å². The van der Waals surface area contributed by atoms with Crippen LogP contribution in [0.3, 0.4) is 0 Å². The summed E-state index contributed by atoms with van der Waals surface area (Å²) in [6.45, 7) is 1.70. The van der Waals surface area contributed by atoms with Gasteiger partial charge in [-0.25, -0.2) is 17.6 Å². The van der Waals surface area contributed by atoms with Gasteiger partial charge in [-0.05, 0) is 35.7 Å². The standard InChI is InChI=1S/C21H11F7O/c1-3-10-7-15(22)17(16(23)8-10)11-5-6-13-14(9-11)12(4-2)18(24)20(19(13)25)29-21(26,27)28/h2,5-9H,3H2,1H3. The van der Waals surface area contributed by atoms with Crippen LogP contribution in [0.1, 0.15) is 18.1 Å². The van der Waals surface area contributed by atoms with E-state index in [0.29, 0.717) is 12.0 Å². The van der Waals surface area contributed by atoms with Gasteiger partial charge in [0.25, 0.3) is 0 Å². The molecule has 29 heavy (non-hydrogen) atoms. The second kappa shape index (κ2) is 7.32. The summed E-state index contributed by atoms with van der Waals surface area (Å²) in [6.07, 6.45) is 0.216. The van der Waals surface area contributed by atoms with E-state index >= 15 is 0 Å². The van der Waals surface area contributed by atoms with Crippen molar-refractivity contribution in [3.8, 4) is 29.2 Å². The Morgan fingerprint density at radius 2 is 1.55 bits per heavy atom. The number of hydrogen-bond acceptors (Lipinski definition) is 1. The summed E-state index contributed by atoms with van der Waals surface area (Å²) in [7, 11) is 0. The molecule has 0 aliphatic rings. The summed E-state index contributed by atoms with van der Waals surface area (Å²) in [5.74, 6) is -5.04. The van der Waals surface area contributed by atoms with Crippen LogP contribution >= 0.6 is 0 Å². The van der Waals surface area contributed by atoms with Crippen LogP contribution in [0, 0.1) is 35.6 Å². The molecule has 0 N–H and O–H groups in total. The molecule has 0 amide bonds. The van der Waals surface area contributed by atoms with Gasteiger partial charge in [0.2, 0.25) is 5.75 Å². The number of alkyl halides is 3. The van der Waals surface area contributed by atoms with Crippen molar-refractivity contribution in [1.82, 2.24) is 0 Å². The number of aryl methyl sites for hydroxylation is 1. The van der Waals surface area contributed by atoms with Crippen molar-refractivity contribution < 1.29 is 35.5 Å². The van der Waals surface area contributed by atoms with Crippen molar-refractivity contribution in [2.24, 2.45) is 0 Å². The van der Waals surface area contributed by atoms with Crippen molar-refractivity contribution >= 4 is 10.8 Å². The normalized spacial score (nSPS) is 11.6. The Balaban J connectivity index is 2.30. The molecule has 3 aromatic carbocycles. The Bertz CT molecular complexity index is 1130. The maximum atomic E-state index is 14.5. The van der Waals surface area contributed by atoms with Gasteiger partial charge in [0.05, 0.1) is 11.1 Å². The first-order chi connectivity index (χ1) is 13.6. The van der Waals surface area contributed by atoms with Crippen LogP contribution in [0.5, 0.6) is 5.75 Å². The van der Waals surface area contributed by atoms with E-state index in [4.69, 9.17) is 6.42 Å². The first-order valence-corrected chi connectivity index (χ1v) is 8.22. The van der Waals surface area contributed by atoms with E-state index < -0.39 is 51.9 Å². The quantitative estimate of drug-likeness (QED) is 0.352. The third kappa shape index (κ3) is 3.73. The molecule has 0 radical (unpaired) electrons. The van der Waals surface area contributed by atoms with Crippen LogP contribution in [-0.2, 0) is 6.42 Å². The summed E-state index contributed by atoms with van der Waals surface area (Å²) in [5.41, 5.74) is -0.869. The molecule has 0 aromatic heterocycles. The largest absolute Gasteiger partial charge is 0.573 e. The minimum Gasteiger partial charge on any atom is -0.399 e. The first kappa shape index (κ1) is 20.5. The molecule has 1 nitrogen and oxygen atoms in total. The van der Waals surface area contributed by atoms with E-state index in [1.165, 1.54) is 0 Å². The first-order valence-electron chi connectivity index (χ1n) is 8.22. The van der Waals surface area contributed by atoms with E-state index in [1.807, 2.05) is 5.92 Å². The molecule has 0 saturated carbocycles. The van der Waals surface area contributed by atoms with Gasteiger partial charge in [-0.3, -0.25) is 0 Å². The van der Waals surface area contributed by atoms with Crippen LogP contribution in [0.2, 0.25) is 0 Å². The SMILES string of the molecule is C#Cc1c(F)c(OC(F)(F)F)c(F)c2ccc(-c3c(F)cc(CC)cc3F)cc12. The van der Waals surface area contributed by atoms with Crippen molar-refractivity contribution in [2.75, 3.05) is 0 Å². The average Bonchev–Trinajstić information content (AvgIpc) is 2.64. The molecule has 150 valence electrons. The third-order valence-electron chi connectivity index (χ3n) is 4.30. The molecule has 0 spiro atoms. The van der Waals surface area contributed by atoms with Gasteiger partial charge in [-0.1, -0.05) is 25.0 Å². The highest BCUT2D eigenvalue weighted by Gasteiger charge is 2.35. The summed E-state index contributed by atoms with van der Waals surface area (Å²) >= 11 is 0. The van der Waals surface area contributed by atoms with Crippen molar-refractivity contribution in [2.45, 2.75) is 19.7 Å². The highest BCUT2D eigenvalue weighted by Crippen LogP contribution is 2.38. The molecular formula is C21H11F7O. The van der Waals surface area contributed by atoms with Gasteiger partial charge >= 0.3 is 6.36 Å². The number of ether oxygens (including phenoxy) is 1. The Morgan fingerprint density at radius 3 is 2.07 bits per heavy atom. The van der Waals surface area contributed by atoms with Gasteiger partial charge in [0.15, 0.2) is 11.6 Å². The van der Waals surface area contributed by atoms with E-state index in [2.05, 4.69) is 4.74 Å². The summed E-state index contributed by atoms with van der Waals surface area (Å²) < 4.78 is 98.6. The lowest BCUT2D eigenvalue weighted by Crippen LogP contribution is -2.19. The zero-order valence-corrected chi connectivity index (χ0v) is 14.7. The molecule has 0 aliphatic heterocycles. The Morgan fingerprint density at radius 1 is 0.931 bits per heavy atom. The van der Waals surface area contributed by atoms with Gasteiger partial charge in [-0.15, -0.1) is 19.6 Å². The van der Waals surface area contributed by atoms with E-state index in [9.17, 15) is 30.7 Å². The highest BCUT2D eigenvalue weighted by atomic mass is 19.4. The second-order valence-electron chi connectivity index (χ2n) is 6.07. The monoisotopic (exact) mass is 412 g/mol. The molecule has 3 aromatic rings. The van der Waals surface area contributed by atoms with Gasteiger partial charge in [0, 0.05) is 10.8 Å². The lowest BCUT2D eigenvalue weighted by molar-refractivity contribution is -0.276. The molecule has 0 bridgehead atoms. The second-order valence-corrected chi connectivity index (χ2v) is 6.07. The minimum atomic E-state index is -5.35. The molecule has 0 heterocycles. The zero-order valence-electron chi connectivity index (χ0n) is 14.7. The Hall–Kier alpha value is -3.21. The van der Waals surface area contributed by atoms with Gasteiger partial charge < -0.3 is 4.74 Å². The Kier molecular flexibility index (Phi) is 5.18. The molecule has 8 heteroatoms. The predicted octanol–water partition coefficient (Wildman–Crippen LogP) is 6.51. The molecule has 0 aliphatic carbocycles. The summed E-state index contributed by atoms with van der Waals surface area (Å²) in [4.78, 5) is 0. The fourth-order valence-corrected chi connectivity index (χ4v) is 3.00. The summed E-state index contributed by atoms with van der Waals surface area (Å²) in [5, 5.41) is -0.818. The van der Waals surface area contributed by atoms with Gasteiger partial charge in [0.1, 0.15) is 11.6 Å². The lowest BCUT2D eigenvalue weighted by Gasteiger charge is -2.15. The fraction of sp³-hybridized carbons (Fsp3) is 0.143. The molecular weight excluding hydrogens is 401 g/mol. The number of terminal acetylenes is 1. The lowest BCUT2D eigenvalue weighted by atomic mass is 9.95. The maximum absolute atomic E-state index is 14.5. The smallest absolute Gasteiger partial charge is 0.399 e. The van der Waals surface area contributed by atoms with E-state index in [-0.39, 0.29) is 10.9 Å². The van der Waals surface area contributed by atoms with Crippen LogP contribution < -0.4 is 4.74 Å². The van der Waals surface area contributed by atoms with E-state index in [1.54, 1.807) is 6.92 Å². The number of halogens is 7. The fourth-order valence-electron chi connectivity index (χ4n) is 3.00. The van der Waals surface area contributed by atoms with Crippen LogP contribution in [0.4, 0.5) is 30.7 Å². The third-order valence-corrected chi connectivity index (χ3v) is 4.30. The molecule has 0 unspecified atom stereocenters. The van der Waals surface area contributed by atoms with Crippen LogP contribution in [0.15, 0.2) is 30.3 Å². The minimum absolute atomic E-state index is 0.0880. The topological polar surface area (TPSA) is 9.23 Å². The van der Waals surface area contributed by atoms with Crippen molar-refractivity contribution in [1.29, 1.82) is 0 Å². The molecule has 0 fully saturated rings. The van der Waals surface area contributed by atoms with E-state index in [0.717, 1.165) is 30.3 Å². The Labute approximate surface area is 160 Å².